The number of nitrogens with one attached hydrogen (secondary N) is 2. The summed E-state index contributed by atoms with van der Waals surface area (Å²) in [5.41, 5.74) is 6.47. The molecule has 2 aromatic rings. The molecular weight excluding hydrogens is 328 g/mol. The number of hydrogen-bond acceptors (Lipinski definition) is 4. The summed E-state index contributed by atoms with van der Waals surface area (Å²) in [7, 11) is 0. The van der Waals surface area contributed by atoms with Gasteiger partial charge < -0.3 is 16.4 Å². The number of rotatable bonds is 7. The van der Waals surface area contributed by atoms with E-state index < -0.39 is 5.54 Å². The highest BCUT2D eigenvalue weighted by Gasteiger charge is 2.45. The molecule has 1 aliphatic carbocycles. The zero-order valence-corrected chi connectivity index (χ0v) is 14.7. The monoisotopic (exact) mass is 352 g/mol. The van der Waals surface area contributed by atoms with Gasteiger partial charge in [0.2, 0.25) is 11.8 Å². The molecule has 1 saturated carbocycles. The van der Waals surface area contributed by atoms with Crippen molar-refractivity contribution in [3.8, 4) is 0 Å². The van der Waals surface area contributed by atoms with Crippen molar-refractivity contribution < 1.29 is 9.59 Å². The zero-order chi connectivity index (χ0) is 18.4. The third-order valence-electron chi connectivity index (χ3n) is 4.85. The van der Waals surface area contributed by atoms with Gasteiger partial charge in [-0.2, -0.15) is 0 Å². The zero-order valence-electron chi connectivity index (χ0n) is 14.7. The van der Waals surface area contributed by atoms with Gasteiger partial charge in [0.15, 0.2) is 0 Å². The maximum Gasteiger partial charge on any atom is 0.246 e. The van der Waals surface area contributed by atoms with E-state index >= 15 is 0 Å². The van der Waals surface area contributed by atoms with E-state index in [-0.39, 0.29) is 24.4 Å². The van der Waals surface area contributed by atoms with Crippen LogP contribution in [0, 0.1) is 0 Å². The van der Waals surface area contributed by atoms with Crippen LogP contribution >= 0.6 is 0 Å². The summed E-state index contributed by atoms with van der Waals surface area (Å²) in [6.07, 6.45) is 4.51. The predicted molar refractivity (Wildman–Crippen MR) is 99.0 cm³/mol. The lowest BCUT2D eigenvalue weighted by atomic mass is 9.75. The van der Waals surface area contributed by atoms with Crippen molar-refractivity contribution in [2.45, 2.75) is 37.3 Å². The number of carbonyl (C=O) groups is 2. The summed E-state index contributed by atoms with van der Waals surface area (Å²) in [6.45, 7) is -0.120. The molecule has 1 heterocycles. The van der Waals surface area contributed by atoms with Crippen LogP contribution in [0.4, 0.5) is 0 Å². The Kier molecular flexibility index (Phi) is 5.63. The average molecular weight is 352 g/mol. The number of carbonyl (C=O) groups excluding carboxylic acids is 2. The lowest BCUT2D eigenvalue weighted by molar-refractivity contribution is -0.137. The SMILES string of the molecule is NCC(=O)NC1(C(=O)NC(Cc2ccccn2)c2ccccc2)CCC1. The van der Waals surface area contributed by atoms with Gasteiger partial charge in [0, 0.05) is 18.3 Å². The Balaban J connectivity index is 1.78. The van der Waals surface area contributed by atoms with Crippen molar-refractivity contribution in [3.05, 3.63) is 66.0 Å². The fourth-order valence-corrected chi connectivity index (χ4v) is 3.22. The molecule has 136 valence electrons. The van der Waals surface area contributed by atoms with Gasteiger partial charge in [-0.15, -0.1) is 0 Å². The van der Waals surface area contributed by atoms with Crippen LogP contribution < -0.4 is 16.4 Å². The Labute approximate surface area is 153 Å². The van der Waals surface area contributed by atoms with Crippen molar-refractivity contribution in [1.29, 1.82) is 0 Å². The molecule has 1 aliphatic rings. The summed E-state index contributed by atoms with van der Waals surface area (Å²) in [5, 5.41) is 5.93. The van der Waals surface area contributed by atoms with Crippen LogP contribution in [-0.2, 0) is 16.0 Å². The van der Waals surface area contributed by atoms with Gasteiger partial charge in [0.1, 0.15) is 5.54 Å². The molecule has 2 amide bonds. The van der Waals surface area contributed by atoms with Crippen LogP contribution in [0.2, 0.25) is 0 Å². The second kappa shape index (κ2) is 8.10. The quantitative estimate of drug-likeness (QED) is 0.703. The highest BCUT2D eigenvalue weighted by Crippen LogP contribution is 2.33. The molecule has 0 saturated heterocycles. The van der Waals surface area contributed by atoms with Gasteiger partial charge in [-0.25, -0.2) is 0 Å². The lowest BCUT2D eigenvalue weighted by Crippen LogP contribution is -2.64. The Morgan fingerprint density at radius 1 is 1.12 bits per heavy atom. The molecule has 1 fully saturated rings. The van der Waals surface area contributed by atoms with Crippen LogP contribution in [0.1, 0.15) is 36.6 Å². The molecule has 1 aromatic carbocycles. The molecular formula is C20H24N4O2. The van der Waals surface area contributed by atoms with Crippen molar-refractivity contribution in [2.24, 2.45) is 5.73 Å². The molecule has 0 radical (unpaired) electrons. The minimum absolute atomic E-state index is 0.120. The molecule has 26 heavy (non-hydrogen) atoms. The van der Waals surface area contributed by atoms with Crippen molar-refractivity contribution in [3.63, 3.8) is 0 Å². The van der Waals surface area contributed by atoms with Gasteiger partial charge in [0.25, 0.3) is 0 Å². The normalized spacial score (nSPS) is 16.2. The maximum atomic E-state index is 13.0. The van der Waals surface area contributed by atoms with Crippen molar-refractivity contribution in [1.82, 2.24) is 15.6 Å². The summed E-state index contributed by atoms with van der Waals surface area (Å²) >= 11 is 0. The fourth-order valence-electron chi connectivity index (χ4n) is 3.22. The predicted octanol–water partition coefficient (Wildman–Crippen LogP) is 1.48. The van der Waals surface area contributed by atoms with Crippen LogP contribution in [0.25, 0.3) is 0 Å². The second-order valence-electron chi connectivity index (χ2n) is 6.65. The summed E-state index contributed by atoms with van der Waals surface area (Å²) < 4.78 is 0. The first-order chi connectivity index (χ1) is 12.6. The minimum Gasteiger partial charge on any atom is -0.347 e. The number of nitrogens with zero attached hydrogens (tertiary/aromatic N) is 1. The smallest absolute Gasteiger partial charge is 0.246 e. The van der Waals surface area contributed by atoms with Crippen LogP contribution in [0.5, 0.6) is 0 Å². The molecule has 0 bridgehead atoms. The summed E-state index contributed by atoms with van der Waals surface area (Å²) in [5.74, 6) is -0.462. The van der Waals surface area contributed by atoms with Crippen LogP contribution in [0.3, 0.4) is 0 Å². The van der Waals surface area contributed by atoms with Gasteiger partial charge in [-0.05, 0) is 37.0 Å². The van der Waals surface area contributed by atoms with Crippen molar-refractivity contribution >= 4 is 11.8 Å². The first kappa shape index (κ1) is 18.1. The Morgan fingerprint density at radius 3 is 2.42 bits per heavy atom. The van der Waals surface area contributed by atoms with Crippen molar-refractivity contribution in [2.75, 3.05) is 6.54 Å². The number of amides is 2. The van der Waals surface area contributed by atoms with E-state index in [1.165, 1.54) is 0 Å². The van der Waals surface area contributed by atoms with E-state index in [2.05, 4.69) is 15.6 Å². The minimum atomic E-state index is -0.840. The maximum absolute atomic E-state index is 13.0. The molecule has 6 nitrogen and oxygen atoms in total. The van der Waals surface area contributed by atoms with Gasteiger partial charge >= 0.3 is 0 Å². The third-order valence-corrected chi connectivity index (χ3v) is 4.85. The average Bonchev–Trinajstić information content (AvgIpc) is 2.65. The Hall–Kier alpha value is -2.73. The van der Waals surface area contributed by atoms with E-state index in [9.17, 15) is 9.59 Å². The van der Waals surface area contributed by atoms with Crippen LogP contribution in [0.15, 0.2) is 54.7 Å². The van der Waals surface area contributed by atoms with E-state index in [0.717, 1.165) is 17.7 Å². The van der Waals surface area contributed by atoms with Crippen LogP contribution in [-0.4, -0.2) is 28.9 Å². The standard InChI is InChI=1S/C20H24N4O2/c21-14-18(25)24-20(10-6-11-20)19(26)23-17(15-7-2-1-3-8-15)13-16-9-4-5-12-22-16/h1-5,7-9,12,17H,6,10-11,13-14,21H2,(H,23,26)(H,24,25). The topological polar surface area (TPSA) is 97.1 Å². The van der Waals surface area contributed by atoms with Gasteiger partial charge in [0.05, 0.1) is 12.6 Å². The van der Waals surface area contributed by atoms with E-state index in [1.54, 1.807) is 6.20 Å². The second-order valence-corrected chi connectivity index (χ2v) is 6.65. The molecule has 0 spiro atoms. The molecule has 4 N–H and O–H groups in total. The highest BCUT2D eigenvalue weighted by molar-refractivity contribution is 5.93. The lowest BCUT2D eigenvalue weighted by Gasteiger charge is -2.41. The molecule has 0 aliphatic heterocycles. The molecule has 1 aromatic heterocycles. The number of aromatic nitrogens is 1. The number of benzene rings is 1. The van der Waals surface area contributed by atoms with Gasteiger partial charge in [-0.1, -0.05) is 36.4 Å². The van der Waals surface area contributed by atoms with Gasteiger partial charge in [-0.3, -0.25) is 14.6 Å². The molecule has 3 rings (SSSR count). The fraction of sp³-hybridized carbons (Fsp3) is 0.350. The van der Waals surface area contributed by atoms with E-state index in [1.807, 2.05) is 48.5 Å². The first-order valence-corrected chi connectivity index (χ1v) is 8.90. The largest absolute Gasteiger partial charge is 0.347 e. The highest BCUT2D eigenvalue weighted by atomic mass is 16.2. The number of pyridine rings is 1. The number of nitrogens with two attached hydrogens (primary N) is 1. The first-order valence-electron chi connectivity index (χ1n) is 8.90. The summed E-state index contributed by atoms with van der Waals surface area (Å²) in [4.78, 5) is 29.1. The third kappa shape index (κ3) is 4.08. The molecule has 6 heteroatoms. The Bertz CT molecular complexity index is 745. The molecule has 1 unspecified atom stereocenters. The summed E-state index contributed by atoms with van der Waals surface area (Å²) in [6, 6.07) is 15.3. The van der Waals surface area contributed by atoms with E-state index in [4.69, 9.17) is 5.73 Å². The molecule has 1 atom stereocenters. The van der Waals surface area contributed by atoms with E-state index in [0.29, 0.717) is 19.3 Å². The number of hydrogen-bond donors (Lipinski definition) is 3. The Morgan fingerprint density at radius 2 is 1.85 bits per heavy atom.